The monoisotopic (exact) mass is 383 g/mol. The molecule has 0 bridgehead atoms. The molecule has 8 heteroatoms. The van der Waals surface area contributed by atoms with E-state index in [0.717, 1.165) is 29.2 Å². The molecule has 3 aromatic rings. The maximum Gasteiger partial charge on any atom is 0.276 e. The Kier molecular flexibility index (Phi) is 4.45. The number of fused-ring (bicyclic) bond motifs is 1. The van der Waals surface area contributed by atoms with Crippen molar-refractivity contribution in [2.75, 3.05) is 6.54 Å². The number of aromatic nitrogens is 4. The number of nitrogens with zero attached hydrogens (tertiary/aromatic N) is 3. The van der Waals surface area contributed by atoms with Crippen LogP contribution in [0.15, 0.2) is 39.9 Å². The fraction of sp³-hybridized carbons (Fsp3) is 0.316. The van der Waals surface area contributed by atoms with Gasteiger partial charge in [0.2, 0.25) is 0 Å². The summed E-state index contributed by atoms with van der Waals surface area (Å²) in [5.74, 6) is 0. The number of nitrogens with one attached hydrogen (secondary N) is 2. The second-order valence-corrected chi connectivity index (χ2v) is 7.27. The Hall–Kier alpha value is -2.71. The number of hydrogen-bond acceptors (Lipinski definition) is 4. The zero-order chi connectivity index (χ0) is 19.1. The number of aromatic amines is 2. The molecule has 1 aliphatic rings. The van der Waals surface area contributed by atoms with Gasteiger partial charge in [-0.25, -0.2) is 4.68 Å². The highest BCUT2D eigenvalue weighted by atomic mass is 32.1. The summed E-state index contributed by atoms with van der Waals surface area (Å²) in [5, 5.41) is 0. The van der Waals surface area contributed by atoms with Crippen molar-refractivity contribution in [2.24, 2.45) is 7.05 Å². The summed E-state index contributed by atoms with van der Waals surface area (Å²) >= 11 is 5.05. The van der Waals surface area contributed by atoms with Gasteiger partial charge in [0.1, 0.15) is 0 Å². The number of H-pyrrole nitrogens is 2. The largest absolute Gasteiger partial charge is 0.335 e. The van der Waals surface area contributed by atoms with E-state index in [2.05, 4.69) is 14.9 Å². The van der Waals surface area contributed by atoms with Gasteiger partial charge in [-0.15, -0.1) is 0 Å². The molecule has 27 heavy (non-hydrogen) atoms. The molecule has 1 aliphatic heterocycles. The lowest BCUT2D eigenvalue weighted by Gasteiger charge is -2.27. The average Bonchev–Trinajstić information content (AvgIpc) is 2.86. The molecule has 2 N–H and O–H groups in total. The minimum absolute atomic E-state index is 0.0200. The van der Waals surface area contributed by atoms with Crippen LogP contribution in [0.25, 0.3) is 5.69 Å². The molecule has 0 atom stereocenters. The average molecular weight is 383 g/mol. The van der Waals surface area contributed by atoms with Crippen LogP contribution in [0.2, 0.25) is 0 Å². The summed E-state index contributed by atoms with van der Waals surface area (Å²) in [5.41, 5.74) is 3.95. The molecular formula is C19H21N5O2S. The van der Waals surface area contributed by atoms with Gasteiger partial charge in [0.25, 0.3) is 11.1 Å². The molecule has 0 unspecified atom stereocenters. The Bertz CT molecular complexity index is 1170. The van der Waals surface area contributed by atoms with Crippen molar-refractivity contribution in [3.63, 3.8) is 0 Å². The molecule has 0 saturated heterocycles. The van der Waals surface area contributed by atoms with Crippen LogP contribution in [-0.4, -0.2) is 30.8 Å². The van der Waals surface area contributed by atoms with E-state index < -0.39 is 0 Å². The van der Waals surface area contributed by atoms with Gasteiger partial charge in [0.05, 0.1) is 16.8 Å². The normalized spacial score (nSPS) is 14.3. The zero-order valence-electron chi connectivity index (χ0n) is 15.3. The van der Waals surface area contributed by atoms with Crippen LogP contribution in [0.1, 0.15) is 22.5 Å². The van der Waals surface area contributed by atoms with E-state index in [-0.39, 0.29) is 11.1 Å². The van der Waals surface area contributed by atoms with Crippen molar-refractivity contribution >= 4 is 12.2 Å². The molecule has 4 rings (SSSR count). The minimum Gasteiger partial charge on any atom is -0.335 e. The van der Waals surface area contributed by atoms with Gasteiger partial charge in [0.15, 0.2) is 4.77 Å². The molecule has 0 amide bonds. The molecule has 0 aliphatic carbocycles. The Morgan fingerprint density at radius 2 is 1.89 bits per heavy atom. The van der Waals surface area contributed by atoms with Crippen molar-refractivity contribution in [3.8, 4) is 5.69 Å². The van der Waals surface area contributed by atoms with Crippen molar-refractivity contribution in [2.45, 2.75) is 26.4 Å². The fourth-order valence-corrected chi connectivity index (χ4v) is 3.89. The van der Waals surface area contributed by atoms with Crippen LogP contribution in [0.4, 0.5) is 0 Å². The van der Waals surface area contributed by atoms with Crippen LogP contribution >= 0.6 is 12.2 Å². The Labute approximate surface area is 160 Å². The molecule has 140 valence electrons. The Balaban J connectivity index is 1.67. The first-order valence-corrected chi connectivity index (χ1v) is 9.26. The maximum absolute atomic E-state index is 13.1. The molecule has 1 aromatic carbocycles. The van der Waals surface area contributed by atoms with E-state index in [1.807, 2.05) is 49.0 Å². The van der Waals surface area contributed by atoms with E-state index in [0.29, 0.717) is 29.8 Å². The Morgan fingerprint density at radius 1 is 1.15 bits per heavy atom. The first kappa shape index (κ1) is 17.7. The molecular weight excluding hydrogens is 362 g/mol. The van der Waals surface area contributed by atoms with Crippen molar-refractivity contribution in [1.29, 1.82) is 0 Å². The van der Waals surface area contributed by atoms with Crippen LogP contribution in [0, 0.1) is 11.7 Å². The van der Waals surface area contributed by atoms with E-state index in [1.165, 1.54) is 0 Å². The number of rotatable bonds is 3. The third kappa shape index (κ3) is 3.11. The zero-order valence-corrected chi connectivity index (χ0v) is 16.1. The Morgan fingerprint density at radius 3 is 2.63 bits per heavy atom. The third-order valence-corrected chi connectivity index (χ3v) is 5.45. The minimum atomic E-state index is -0.148. The van der Waals surface area contributed by atoms with E-state index in [9.17, 15) is 9.59 Å². The highest BCUT2D eigenvalue weighted by Crippen LogP contribution is 2.17. The summed E-state index contributed by atoms with van der Waals surface area (Å²) in [6.07, 6.45) is 0.710. The third-order valence-electron chi connectivity index (χ3n) is 5.24. The molecule has 0 radical (unpaired) electrons. The predicted molar refractivity (Wildman–Crippen MR) is 106 cm³/mol. The SMILES string of the molecule is Cc1c(CN2CCc3[nH]c(=S)[nH]c(=O)c3C2)c(=O)n(-c2ccccc2)n1C. The second-order valence-electron chi connectivity index (χ2n) is 6.87. The molecule has 7 nitrogen and oxygen atoms in total. The van der Waals surface area contributed by atoms with Crippen LogP contribution in [0.3, 0.4) is 0 Å². The van der Waals surface area contributed by atoms with Crippen molar-refractivity contribution < 1.29 is 0 Å². The summed E-state index contributed by atoms with van der Waals surface area (Å²) in [7, 11) is 1.89. The summed E-state index contributed by atoms with van der Waals surface area (Å²) in [4.78, 5) is 33.1. The lowest BCUT2D eigenvalue weighted by Crippen LogP contribution is -2.36. The van der Waals surface area contributed by atoms with Gasteiger partial charge in [0, 0.05) is 44.5 Å². The van der Waals surface area contributed by atoms with E-state index >= 15 is 0 Å². The standard InChI is InChI=1S/C19H21N5O2S/c1-12-14(18(26)24(22(12)2)13-6-4-3-5-7-13)10-23-9-8-16-15(11-23)17(25)21-19(27)20-16/h3-7H,8-11H2,1-2H3,(H2,20,21,25,27). The van der Waals surface area contributed by atoms with Gasteiger partial charge in [-0.2, -0.15) is 0 Å². The topological polar surface area (TPSA) is 78.8 Å². The molecule has 3 heterocycles. The molecule has 2 aromatic heterocycles. The smallest absolute Gasteiger partial charge is 0.276 e. The summed E-state index contributed by atoms with van der Waals surface area (Å²) < 4.78 is 3.93. The molecule has 0 spiro atoms. The van der Waals surface area contributed by atoms with Crippen molar-refractivity contribution in [1.82, 2.24) is 24.2 Å². The highest BCUT2D eigenvalue weighted by molar-refractivity contribution is 7.71. The highest BCUT2D eigenvalue weighted by Gasteiger charge is 2.23. The number of hydrogen-bond donors (Lipinski definition) is 2. The molecule has 0 saturated carbocycles. The van der Waals surface area contributed by atoms with Gasteiger partial charge in [-0.05, 0) is 31.3 Å². The van der Waals surface area contributed by atoms with Crippen molar-refractivity contribution in [3.05, 3.63) is 78.3 Å². The summed E-state index contributed by atoms with van der Waals surface area (Å²) in [6.45, 7) is 3.72. The van der Waals surface area contributed by atoms with Crippen LogP contribution in [-0.2, 0) is 26.6 Å². The van der Waals surface area contributed by atoms with E-state index in [4.69, 9.17) is 12.2 Å². The summed E-state index contributed by atoms with van der Waals surface area (Å²) in [6, 6.07) is 9.61. The van der Waals surface area contributed by atoms with Crippen LogP contribution < -0.4 is 11.1 Å². The predicted octanol–water partition coefficient (Wildman–Crippen LogP) is 1.79. The fourth-order valence-electron chi connectivity index (χ4n) is 3.68. The quantitative estimate of drug-likeness (QED) is 0.676. The lowest BCUT2D eigenvalue weighted by molar-refractivity contribution is 0.240. The van der Waals surface area contributed by atoms with E-state index in [1.54, 1.807) is 4.68 Å². The van der Waals surface area contributed by atoms with Crippen LogP contribution in [0.5, 0.6) is 0 Å². The van der Waals surface area contributed by atoms with Gasteiger partial charge in [-0.1, -0.05) is 18.2 Å². The van der Waals surface area contributed by atoms with Gasteiger partial charge >= 0.3 is 0 Å². The maximum atomic E-state index is 13.1. The van der Waals surface area contributed by atoms with Gasteiger partial charge in [-0.3, -0.25) is 24.2 Å². The number of para-hydroxylation sites is 1. The lowest BCUT2D eigenvalue weighted by atomic mass is 10.1. The first-order chi connectivity index (χ1) is 13.0. The van der Waals surface area contributed by atoms with Gasteiger partial charge < -0.3 is 4.98 Å². The number of benzene rings is 1. The molecule has 0 fully saturated rings. The second kappa shape index (κ2) is 6.79. The first-order valence-electron chi connectivity index (χ1n) is 8.85.